The summed E-state index contributed by atoms with van der Waals surface area (Å²) in [4.78, 5) is 39.9. The van der Waals surface area contributed by atoms with Gasteiger partial charge in [0, 0.05) is 44.1 Å². The molecular formula is C21H22F2N4O5. The number of hydrogen-bond acceptors (Lipinski definition) is 6. The summed E-state index contributed by atoms with van der Waals surface area (Å²) in [6.07, 6.45) is 1.38. The van der Waals surface area contributed by atoms with E-state index in [9.17, 15) is 28.3 Å². The Balaban J connectivity index is 1.70. The summed E-state index contributed by atoms with van der Waals surface area (Å²) in [5, 5.41) is 14.7. The van der Waals surface area contributed by atoms with Crippen LogP contribution < -0.4 is 15.8 Å². The predicted molar refractivity (Wildman–Crippen MR) is 109 cm³/mol. The van der Waals surface area contributed by atoms with Crippen LogP contribution in [0.25, 0.3) is 0 Å². The zero-order valence-corrected chi connectivity index (χ0v) is 17.3. The number of amides is 2. The minimum Gasteiger partial charge on any atom is -0.502 e. The first-order valence-electron chi connectivity index (χ1n) is 10.2. The summed E-state index contributed by atoms with van der Waals surface area (Å²) >= 11 is 0. The number of likely N-dealkylation sites (N-methyl/N-ethyl adjacent to an activating group) is 1. The molecule has 1 aromatic heterocycles. The van der Waals surface area contributed by atoms with E-state index in [0.29, 0.717) is 32.2 Å². The maximum atomic E-state index is 13.9. The molecule has 11 heteroatoms. The summed E-state index contributed by atoms with van der Waals surface area (Å²) in [6, 6.07) is 2.92. The van der Waals surface area contributed by atoms with Crippen LogP contribution in [-0.2, 0) is 11.3 Å². The van der Waals surface area contributed by atoms with Gasteiger partial charge >= 0.3 is 0 Å². The van der Waals surface area contributed by atoms with E-state index in [1.165, 1.54) is 21.8 Å². The molecule has 0 spiro atoms. The Labute approximate surface area is 181 Å². The smallest absolute Gasteiger partial charge is 0.278 e. The van der Waals surface area contributed by atoms with Crippen LogP contribution in [-0.4, -0.2) is 59.0 Å². The van der Waals surface area contributed by atoms with Gasteiger partial charge in [0.05, 0.1) is 6.61 Å². The van der Waals surface area contributed by atoms with E-state index in [1.54, 1.807) is 11.9 Å². The van der Waals surface area contributed by atoms with Crippen molar-refractivity contribution >= 4 is 11.8 Å². The summed E-state index contributed by atoms with van der Waals surface area (Å²) in [5.74, 6) is -3.84. The number of halogens is 2. The molecule has 170 valence electrons. The van der Waals surface area contributed by atoms with Crippen LogP contribution in [0.4, 0.5) is 8.78 Å². The van der Waals surface area contributed by atoms with Gasteiger partial charge in [-0.1, -0.05) is 6.07 Å². The van der Waals surface area contributed by atoms with Gasteiger partial charge in [0.2, 0.25) is 5.43 Å². The average molecular weight is 448 g/mol. The van der Waals surface area contributed by atoms with Gasteiger partial charge in [0.25, 0.3) is 11.8 Å². The maximum Gasteiger partial charge on any atom is 0.278 e. The van der Waals surface area contributed by atoms with Crippen LogP contribution in [0.1, 0.15) is 39.8 Å². The number of aromatic hydroxyl groups is 1. The Kier molecular flexibility index (Phi) is 5.83. The fourth-order valence-corrected chi connectivity index (χ4v) is 3.97. The quantitative estimate of drug-likeness (QED) is 0.721. The fraction of sp³-hybridized carbons (Fsp3) is 0.381. The lowest BCUT2D eigenvalue weighted by atomic mass is 10.1. The van der Waals surface area contributed by atoms with Crippen LogP contribution >= 0.6 is 0 Å². The van der Waals surface area contributed by atoms with Crippen LogP contribution in [0.2, 0.25) is 0 Å². The number of rotatable bonds is 4. The molecule has 0 unspecified atom stereocenters. The molecule has 1 atom stereocenters. The van der Waals surface area contributed by atoms with Gasteiger partial charge in [-0.2, -0.15) is 0 Å². The molecule has 3 heterocycles. The highest BCUT2D eigenvalue weighted by atomic mass is 19.1. The second-order valence-corrected chi connectivity index (χ2v) is 7.50. The lowest BCUT2D eigenvalue weighted by Crippen LogP contribution is -2.62. The summed E-state index contributed by atoms with van der Waals surface area (Å²) in [6.45, 7) is 3.00. The molecular weight excluding hydrogens is 426 g/mol. The number of carbonyl (C=O) groups excluding carboxylic acids is 2. The Morgan fingerprint density at radius 3 is 2.81 bits per heavy atom. The molecule has 2 N–H and O–H groups in total. The average Bonchev–Trinajstić information content (AvgIpc) is 3.01. The van der Waals surface area contributed by atoms with E-state index >= 15 is 0 Å². The standard InChI is InChI=1S/C21H22F2N4O5/c1-2-25-16-11-32-7-3-6-26(16)27-10-14(18(28)19(29)17(27)21(25)31)20(30)24-9-12-4-5-13(22)8-15(12)23/h4-5,8,10,16,29H,2-3,6-7,9,11H2,1H3,(H,24,30)/t16-/m0/s1. The van der Waals surface area contributed by atoms with Gasteiger partial charge in [-0.15, -0.1) is 0 Å². The largest absolute Gasteiger partial charge is 0.502 e. The monoisotopic (exact) mass is 448 g/mol. The molecule has 2 amide bonds. The van der Waals surface area contributed by atoms with Gasteiger partial charge in [-0.05, 0) is 19.4 Å². The highest BCUT2D eigenvalue weighted by Gasteiger charge is 2.40. The third-order valence-electron chi connectivity index (χ3n) is 5.59. The maximum absolute atomic E-state index is 13.9. The number of aromatic nitrogens is 1. The molecule has 2 aliphatic rings. The van der Waals surface area contributed by atoms with E-state index in [2.05, 4.69) is 5.32 Å². The zero-order chi connectivity index (χ0) is 23.0. The van der Waals surface area contributed by atoms with E-state index < -0.39 is 46.4 Å². The number of nitrogens with zero attached hydrogens (tertiary/aromatic N) is 3. The second-order valence-electron chi connectivity index (χ2n) is 7.50. The third-order valence-corrected chi connectivity index (χ3v) is 5.59. The van der Waals surface area contributed by atoms with E-state index in [0.717, 1.165) is 6.07 Å². The van der Waals surface area contributed by atoms with Gasteiger partial charge in [0.15, 0.2) is 11.4 Å². The number of hydrogen-bond donors (Lipinski definition) is 2. The molecule has 2 aliphatic heterocycles. The van der Waals surface area contributed by atoms with Gasteiger partial charge in [-0.3, -0.25) is 24.1 Å². The van der Waals surface area contributed by atoms with Gasteiger partial charge < -0.3 is 20.1 Å². The van der Waals surface area contributed by atoms with E-state index in [-0.39, 0.29) is 24.4 Å². The third kappa shape index (κ3) is 3.68. The highest BCUT2D eigenvalue weighted by molar-refractivity contribution is 5.99. The molecule has 0 radical (unpaired) electrons. The van der Waals surface area contributed by atoms with Crippen molar-refractivity contribution in [2.45, 2.75) is 26.1 Å². The number of nitrogens with one attached hydrogen (secondary N) is 1. The van der Waals surface area contributed by atoms with Gasteiger partial charge in [-0.25, -0.2) is 8.78 Å². The van der Waals surface area contributed by atoms with Crippen molar-refractivity contribution in [2.24, 2.45) is 0 Å². The van der Waals surface area contributed by atoms with Crippen molar-refractivity contribution in [3.05, 3.63) is 63.1 Å². The second kappa shape index (κ2) is 8.58. The fourth-order valence-electron chi connectivity index (χ4n) is 3.97. The predicted octanol–water partition coefficient (Wildman–Crippen LogP) is 0.922. The van der Waals surface area contributed by atoms with Crippen molar-refractivity contribution in [3.63, 3.8) is 0 Å². The number of benzene rings is 1. The Morgan fingerprint density at radius 1 is 1.31 bits per heavy atom. The minimum atomic E-state index is -1.01. The first-order chi connectivity index (χ1) is 15.3. The van der Waals surface area contributed by atoms with Crippen molar-refractivity contribution in [1.29, 1.82) is 0 Å². The molecule has 4 rings (SSSR count). The first-order valence-corrected chi connectivity index (χ1v) is 10.2. The normalized spacial score (nSPS) is 18.1. The number of pyridine rings is 1. The van der Waals surface area contributed by atoms with Crippen LogP contribution in [0.5, 0.6) is 5.75 Å². The number of fused-ring (bicyclic) bond motifs is 3. The van der Waals surface area contributed by atoms with Crippen molar-refractivity contribution in [3.8, 4) is 5.75 Å². The lowest BCUT2D eigenvalue weighted by Gasteiger charge is -2.45. The molecule has 0 aliphatic carbocycles. The molecule has 2 aromatic rings. The molecule has 9 nitrogen and oxygen atoms in total. The molecule has 32 heavy (non-hydrogen) atoms. The summed E-state index contributed by atoms with van der Waals surface area (Å²) in [5.41, 5.74) is -1.62. The SMILES string of the molecule is CCN1C(=O)c2c(O)c(=O)c(C(=O)NCc3ccc(F)cc3F)cn2N2CCCOC[C@@H]12. The molecule has 1 saturated heterocycles. The van der Waals surface area contributed by atoms with Crippen molar-refractivity contribution in [1.82, 2.24) is 14.9 Å². The molecule has 0 saturated carbocycles. The number of carbonyl (C=O) groups is 2. The minimum absolute atomic E-state index is 0.0283. The van der Waals surface area contributed by atoms with Gasteiger partial charge in [0.1, 0.15) is 23.4 Å². The van der Waals surface area contributed by atoms with Crippen LogP contribution in [0.15, 0.2) is 29.2 Å². The Hall–Kier alpha value is -3.47. The molecule has 0 bridgehead atoms. The zero-order valence-electron chi connectivity index (χ0n) is 17.3. The van der Waals surface area contributed by atoms with E-state index in [4.69, 9.17) is 4.74 Å². The van der Waals surface area contributed by atoms with Crippen LogP contribution in [0, 0.1) is 11.6 Å². The lowest BCUT2D eigenvalue weighted by molar-refractivity contribution is 0.0385. The molecule has 1 aromatic carbocycles. The topological polar surface area (TPSA) is 104 Å². The van der Waals surface area contributed by atoms with Crippen molar-refractivity contribution in [2.75, 3.05) is 31.3 Å². The van der Waals surface area contributed by atoms with Crippen molar-refractivity contribution < 1.29 is 28.2 Å². The van der Waals surface area contributed by atoms with E-state index in [1.807, 2.05) is 0 Å². The summed E-state index contributed by atoms with van der Waals surface area (Å²) in [7, 11) is 0. The Bertz CT molecular complexity index is 1140. The Morgan fingerprint density at radius 2 is 2.09 bits per heavy atom. The number of ether oxygens (including phenoxy) is 1. The summed E-state index contributed by atoms with van der Waals surface area (Å²) < 4.78 is 33.8. The first kappa shape index (κ1) is 21.8. The highest BCUT2D eigenvalue weighted by Crippen LogP contribution is 2.26. The van der Waals surface area contributed by atoms with Crippen LogP contribution in [0.3, 0.4) is 0 Å². The molecule has 1 fully saturated rings.